The van der Waals surface area contributed by atoms with Crippen molar-refractivity contribution in [3.8, 4) is 0 Å². The van der Waals surface area contributed by atoms with Crippen LogP contribution >= 0.6 is 12.2 Å². The first-order valence-electron chi connectivity index (χ1n) is 7.18. The number of amides is 1. The van der Waals surface area contributed by atoms with E-state index in [1.54, 1.807) is 0 Å². The molecule has 0 spiro atoms. The molecule has 1 amide bonds. The maximum absolute atomic E-state index is 12.4. The van der Waals surface area contributed by atoms with Crippen molar-refractivity contribution < 1.29 is 4.79 Å². The zero-order valence-electron chi connectivity index (χ0n) is 11.7. The minimum Gasteiger partial charge on any atom is -0.393 e. The van der Waals surface area contributed by atoms with E-state index in [1.807, 2.05) is 4.90 Å². The molecule has 0 aromatic carbocycles. The Morgan fingerprint density at radius 3 is 2.44 bits per heavy atom. The fraction of sp³-hybridized carbons (Fsp3) is 0.857. The van der Waals surface area contributed by atoms with E-state index < -0.39 is 0 Å². The van der Waals surface area contributed by atoms with Gasteiger partial charge in [0.1, 0.15) is 0 Å². The number of carbonyl (C=O) groups is 1. The second-order valence-electron chi connectivity index (χ2n) is 5.25. The lowest BCUT2D eigenvalue weighted by Gasteiger charge is -2.33. The first-order chi connectivity index (χ1) is 8.60. The van der Waals surface area contributed by atoms with Crippen molar-refractivity contribution in [2.75, 3.05) is 13.1 Å². The van der Waals surface area contributed by atoms with Gasteiger partial charge in [-0.3, -0.25) is 4.79 Å². The Labute approximate surface area is 116 Å². The van der Waals surface area contributed by atoms with Crippen LogP contribution in [0.25, 0.3) is 0 Å². The molecule has 1 aliphatic heterocycles. The molecule has 1 heterocycles. The Morgan fingerprint density at radius 1 is 1.39 bits per heavy atom. The van der Waals surface area contributed by atoms with Gasteiger partial charge in [0.25, 0.3) is 0 Å². The van der Waals surface area contributed by atoms with Crippen LogP contribution in [-0.2, 0) is 4.79 Å². The summed E-state index contributed by atoms with van der Waals surface area (Å²) in [5.74, 6) is 0.887. The van der Waals surface area contributed by atoms with E-state index in [0.29, 0.717) is 16.8 Å². The smallest absolute Gasteiger partial charge is 0.225 e. The molecule has 0 bridgehead atoms. The van der Waals surface area contributed by atoms with Crippen molar-refractivity contribution in [3.05, 3.63) is 0 Å². The normalized spacial score (nSPS) is 18.7. The molecule has 0 aromatic rings. The quantitative estimate of drug-likeness (QED) is 0.755. The molecule has 1 aliphatic rings. The van der Waals surface area contributed by atoms with Crippen LogP contribution in [0.2, 0.25) is 0 Å². The first kappa shape index (κ1) is 15.4. The van der Waals surface area contributed by atoms with E-state index in [-0.39, 0.29) is 5.92 Å². The fourth-order valence-electron chi connectivity index (χ4n) is 2.60. The third kappa shape index (κ3) is 4.23. The third-order valence-corrected chi connectivity index (χ3v) is 4.29. The molecule has 1 saturated heterocycles. The van der Waals surface area contributed by atoms with Crippen molar-refractivity contribution in [2.45, 2.75) is 52.4 Å². The predicted octanol–water partition coefficient (Wildman–Crippen LogP) is 2.73. The second-order valence-corrected chi connectivity index (χ2v) is 5.72. The van der Waals surface area contributed by atoms with Gasteiger partial charge in [-0.2, -0.15) is 0 Å². The average molecular weight is 270 g/mol. The van der Waals surface area contributed by atoms with Crippen molar-refractivity contribution >= 4 is 23.1 Å². The fourth-order valence-corrected chi connectivity index (χ4v) is 2.83. The third-order valence-electron chi connectivity index (χ3n) is 3.96. The highest BCUT2D eigenvalue weighted by molar-refractivity contribution is 7.80. The molecule has 0 saturated carbocycles. The summed E-state index contributed by atoms with van der Waals surface area (Å²) in [6, 6.07) is 0. The molecule has 2 N–H and O–H groups in total. The SMILES string of the molecule is CCCCC(CC)C(=O)N1CCC(C(N)=S)CC1. The molecule has 0 radical (unpaired) electrons. The summed E-state index contributed by atoms with van der Waals surface area (Å²) in [4.78, 5) is 15.0. The number of rotatable bonds is 6. The van der Waals surface area contributed by atoms with E-state index >= 15 is 0 Å². The van der Waals surface area contributed by atoms with Crippen molar-refractivity contribution in [1.82, 2.24) is 4.90 Å². The van der Waals surface area contributed by atoms with Crippen molar-refractivity contribution in [1.29, 1.82) is 0 Å². The van der Waals surface area contributed by atoms with Gasteiger partial charge in [-0.25, -0.2) is 0 Å². The van der Waals surface area contributed by atoms with Crippen LogP contribution in [0, 0.1) is 11.8 Å². The minimum absolute atomic E-state index is 0.214. The monoisotopic (exact) mass is 270 g/mol. The lowest BCUT2D eigenvalue weighted by Crippen LogP contribution is -2.43. The Hall–Kier alpha value is -0.640. The summed E-state index contributed by atoms with van der Waals surface area (Å²) >= 11 is 5.03. The van der Waals surface area contributed by atoms with Crippen LogP contribution in [0.3, 0.4) is 0 Å². The number of hydrogen-bond acceptors (Lipinski definition) is 2. The maximum Gasteiger partial charge on any atom is 0.225 e. The van der Waals surface area contributed by atoms with Gasteiger partial charge in [0.2, 0.25) is 5.91 Å². The molecule has 18 heavy (non-hydrogen) atoms. The number of hydrogen-bond donors (Lipinski definition) is 1. The molecular weight excluding hydrogens is 244 g/mol. The van der Waals surface area contributed by atoms with Gasteiger partial charge >= 0.3 is 0 Å². The predicted molar refractivity (Wildman–Crippen MR) is 79.4 cm³/mol. The molecule has 1 rings (SSSR count). The number of carbonyl (C=O) groups excluding carboxylic acids is 1. The van der Waals surface area contributed by atoms with Crippen molar-refractivity contribution in [2.24, 2.45) is 17.6 Å². The average Bonchev–Trinajstić information content (AvgIpc) is 2.39. The standard InChI is InChI=1S/C14H26N2OS/c1-3-5-6-11(4-2)14(17)16-9-7-12(8-10-16)13(15)18/h11-12H,3-10H2,1-2H3,(H2,15,18). The van der Waals surface area contributed by atoms with E-state index in [1.165, 1.54) is 0 Å². The molecule has 1 fully saturated rings. The van der Waals surface area contributed by atoms with Crippen LogP contribution in [-0.4, -0.2) is 28.9 Å². The minimum atomic E-state index is 0.214. The number of nitrogens with two attached hydrogens (primary N) is 1. The lowest BCUT2D eigenvalue weighted by atomic mass is 9.93. The molecule has 104 valence electrons. The number of likely N-dealkylation sites (tertiary alicyclic amines) is 1. The lowest BCUT2D eigenvalue weighted by molar-refractivity contribution is -0.137. The highest BCUT2D eigenvalue weighted by Crippen LogP contribution is 2.22. The van der Waals surface area contributed by atoms with Gasteiger partial charge < -0.3 is 10.6 Å². The molecule has 3 nitrogen and oxygen atoms in total. The van der Waals surface area contributed by atoms with Gasteiger partial charge in [0.05, 0.1) is 4.99 Å². The van der Waals surface area contributed by atoms with E-state index in [0.717, 1.165) is 51.6 Å². The summed E-state index contributed by atoms with van der Waals surface area (Å²) in [6.07, 6.45) is 6.16. The van der Waals surface area contributed by atoms with Crippen LogP contribution in [0.4, 0.5) is 0 Å². The van der Waals surface area contributed by atoms with Crippen LogP contribution < -0.4 is 5.73 Å². The largest absolute Gasteiger partial charge is 0.393 e. The first-order valence-corrected chi connectivity index (χ1v) is 7.59. The molecule has 0 aliphatic carbocycles. The van der Waals surface area contributed by atoms with Crippen molar-refractivity contribution in [3.63, 3.8) is 0 Å². The highest BCUT2D eigenvalue weighted by Gasteiger charge is 2.27. The summed E-state index contributed by atoms with van der Waals surface area (Å²) in [7, 11) is 0. The Bertz CT molecular complexity index is 286. The van der Waals surface area contributed by atoms with E-state index in [9.17, 15) is 4.79 Å². The summed E-state index contributed by atoms with van der Waals surface area (Å²) in [5.41, 5.74) is 5.67. The Balaban J connectivity index is 2.45. The highest BCUT2D eigenvalue weighted by atomic mass is 32.1. The summed E-state index contributed by atoms with van der Waals surface area (Å²) in [5, 5.41) is 0. The zero-order valence-corrected chi connectivity index (χ0v) is 12.5. The van der Waals surface area contributed by atoms with E-state index in [2.05, 4.69) is 13.8 Å². The molecule has 1 atom stereocenters. The van der Waals surface area contributed by atoms with Crippen LogP contribution in [0.1, 0.15) is 52.4 Å². The number of thiocarbonyl (C=S) groups is 1. The van der Waals surface area contributed by atoms with Gasteiger partial charge in [-0.1, -0.05) is 38.9 Å². The Kier molecular flexibility index (Phi) is 6.61. The van der Waals surface area contributed by atoms with Gasteiger partial charge in [-0.05, 0) is 25.7 Å². The molecular formula is C14H26N2OS. The second kappa shape index (κ2) is 7.72. The van der Waals surface area contributed by atoms with Crippen LogP contribution in [0.15, 0.2) is 0 Å². The van der Waals surface area contributed by atoms with Gasteiger partial charge in [0, 0.05) is 24.9 Å². The summed E-state index contributed by atoms with van der Waals surface area (Å²) in [6.45, 7) is 5.93. The molecule has 4 heteroatoms. The number of piperidine rings is 1. The Morgan fingerprint density at radius 2 is 2.00 bits per heavy atom. The van der Waals surface area contributed by atoms with Gasteiger partial charge in [-0.15, -0.1) is 0 Å². The molecule has 1 unspecified atom stereocenters. The topological polar surface area (TPSA) is 46.3 Å². The molecule has 0 aromatic heterocycles. The summed E-state index contributed by atoms with van der Waals surface area (Å²) < 4.78 is 0. The zero-order chi connectivity index (χ0) is 13.5. The number of unbranched alkanes of at least 4 members (excludes halogenated alkanes) is 1. The van der Waals surface area contributed by atoms with E-state index in [4.69, 9.17) is 18.0 Å². The van der Waals surface area contributed by atoms with Crippen LogP contribution in [0.5, 0.6) is 0 Å². The van der Waals surface area contributed by atoms with Gasteiger partial charge in [0.15, 0.2) is 0 Å². The number of nitrogens with zero attached hydrogens (tertiary/aromatic N) is 1. The maximum atomic E-state index is 12.4.